The molecule has 28 heavy (non-hydrogen) atoms. The summed E-state index contributed by atoms with van der Waals surface area (Å²) in [6.07, 6.45) is 0.178. The largest absolute Gasteiger partial charge is 0.343 e. The highest BCUT2D eigenvalue weighted by Gasteiger charge is 2.35. The minimum atomic E-state index is -1.23. The predicted octanol–water partition coefficient (Wildman–Crippen LogP) is 3.43. The van der Waals surface area contributed by atoms with Gasteiger partial charge in [-0.2, -0.15) is 9.15 Å². The van der Waals surface area contributed by atoms with Crippen LogP contribution in [0, 0.1) is 11.3 Å². The molecular formula is C19H20F2N4O2S. The molecule has 0 aliphatic carbocycles. The van der Waals surface area contributed by atoms with Crippen molar-refractivity contribution in [3.05, 3.63) is 36.0 Å². The van der Waals surface area contributed by atoms with Gasteiger partial charge in [-0.25, -0.2) is 4.39 Å². The number of nitrogens with one attached hydrogen (secondary N) is 1. The number of likely N-dealkylation sites (tertiary alicyclic amines) is 1. The normalized spacial score (nSPS) is 18.2. The molecule has 1 fully saturated rings. The van der Waals surface area contributed by atoms with Crippen molar-refractivity contribution in [1.29, 1.82) is 5.26 Å². The van der Waals surface area contributed by atoms with Crippen LogP contribution in [0.15, 0.2) is 35.4 Å². The van der Waals surface area contributed by atoms with E-state index in [-0.39, 0.29) is 31.7 Å². The average Bonchev–Trinajstić information content (AvgIpc) is 3.13. The van der Waals surface area contributed by atoms with Gasteiger partial charge in [-0.1, -0.05) is 19.9 Å². The van der Waals surface area contributed by atoms with Crippen LogP contribution < -0.4 is 5.32 Å². The Morgan fingerprint density at radius 2 is 2.14 bits per heavy atom. The minimum absolute atomic E-state index is 0.0138. The number of pyridine rings is 1. The highest BCUT2D eigenvalue weighted by molar-refractivity contribution is 7.94. The first-order valence-electron chi connectivity index (χ1n) is 8.82. The molecule has 2 aromatic rings. The quantitative estimate of drug-likeness (QED) is 0.841. The Balaban J connectivity index is 0.00000136. The van der Waals surface area contributed by atoms with Crippen LogP contribution in [-0.2, 0) is 4.79 Å². The topological polar surface area (TPSA) is 86.1 Å². The number of fused-ring (bicyclic) bond motifs is 1. The van der Waals surface area contributed by atoms with E-state index in [0.717, 1.165) is 4.90 Å². The maximum absolute atomic E-state index is 13.4. The molecule has 1 aromatic heterocycles. The molecule has 0 bridgehead atoms. The van der Waals surface area contributed by atoms with Gasteiger partial charge in [0.15, 0.2) is 0 Å². The Morgan fingerprint density at radius 3 is 2.82 bits per heavy atom. The van der Waals surface area contributed by atoms with Gasteiger partial charge in [0.25, 0.3) is 5.91 Å². The predicted molar refractivity (Wildman–Crippen MR) is 103 cm³/mol. The zero-order valence-electron chi connectivity index (χ0n) is 15.5. The summed E-state index contributed by atoms with van der Waals surface area (Å²) in [5.41, 5.74) is 0.746. The molecule has 2 unspecified atom stereocenters. The second kappa shape index (κ2) is 9.99. The molecule has 2 heterocycles. The van der Waals surface area contributed by atoms with Crippen LogP contribution in [0.3, 0.4) is 0 Å². The molecule has 9 heteroatoms. The van der Waals surface area contributed by atoms with Crippen molar-refractivity contribution in [2.24, 2.45) is 0 Å². The zero-order chi connectivity index (χ0) is 20.7. The molecule has 1 aliphatic heterocycles. The number of hydrogen-bond donors (Lipinski definition) is 1. The van der Waals surface area contributed by atoms with Crippen molar-refractivity contribution in [2.75, 3.05) is 13.1 Å². The molecule has 2 atom stereocenters. The Labute approximate surface area is 166 Å². The van der Waals surface area contributed by atoms with Crippen LogP contribution >= 0.6 is 12.1 Å². The third kappa shape index (κ3) is 4.75. The minimum Gasteiger partial charge on any atom is -0.343 e. The fourth-order valence-electron chi connectivity index (χ4n) is 2.91. The molecule has 148 valence electrons. The van der Waals surface area contributed by atoms with E-state index in [0.29, 0.717) is 21.4 Å². The first-order valence-corrected chi connectivity index (χ1v) is 9.54. The molecule has 6 nitrogen and oxygen atoms in total. The molecular weight excluding hydrogens is 386 g/mol. The van der Waals surface area contributed by atoms with E-state index in [4.69, 9.17) is 5.26 Å². The molecule has 2 amide bonds. The van der Waals surface area contributed by atoms with E-state index in [1.165, 1.54) is 24.4 Å². The van der Waals surface area contributed by atoms with Crippen LogP contribution in [-0.4, -0.2) is 47.0 Å². The van der Waals surface area contributed by atoms with Gasteiger partial charge in [-0.05, 0) is 18.2 Å². The second-order valence-electron chi connectivity index (χ2n) is 5.82. The molecule has 0 saturated carbocycles. The number of nitrogens with zero attached hydrogens (tertiary/aromatic N) is 3. The number of nitriles is 1. The molecule has 3 rings (SSSR count). The summed E-state index contributed by atoms with van der Waals surface area (Å²) in [6, 6.07) is 7.21. The van der Waals surface area contributed by atoms with Gasteiger partial charge in [0.2, 0.25) is 5.91 Å². The average molecular weight is 406 g/mol. The fraction of sp³-hybridized carbons (Fsp3) is 0.368. The van der Waals surface area contributed by atoms with Gasteiger partial charge in [0.1, 0.15) is 12.2 Å². The lowest BCUT2D eigenvalue weighted by atomic mass is 10.1. The van der Waals surface area contributed by atoms with E-state index in [1.54, 1.807) is 6.07 Å². The highest BCUT2D eigenvalue weighted by atomic mass is 32.2. The summed E-state index contributed by atoms with van der Waals surface area (Å²) >= 11 is 0.0809. The Bertz CT molecular complexity index is 903. The smallest absolute Gasteiger partial charge is 0.252 e. The molecule has 1 aromatic carbocycles. The Kier molecular flexibility index (Phi) is 7.70. The van der Waals surface area contributed by atoms with E-state index < -0.39 is 24.0 Å². The molecule has 0 spiro atoms. The van der Waals surface area contributed by atoms with E-state index >= 15 is 0 Å². The number of rotatable bonds is 4. The van der Waals surface area contributed by atoms with Crippen LogP contribution in [0.25, 0.3) is 10.9 Å². The lowest BCUT2D eigenvalue weighted by Crippen LogP contribution is -2.42. The summed E-state index contributed by atoms with van der Waals surface area (Å²) in [7, 11) is 0. The highest BCUT2D eigenvalue weighted by Crippen LogP contribution is 2.25. The van der Waals surface area contributed by atoms with Crippen molar-refractivity contribution in [3.8, 4) is 6.07 Å². The number of aromatic nitrogens is 1. The van der Waals surface area contributed by atoms with Gasteiger partial charge < -0.3 is 10.2 Å². The van der Waals surface area contributed by atoms with Crippen molar-refractivity contribution < 1.29 is 17.9 Å². The summed E-state index contributed by atoms with van der Waals surface area (Å²) in [4.78, 5) is 30.2. The van der Waals surface area contributed by atoms with Crippen LogP contribution in [0.5, 0.6) is 0 Å². The standard InChI is InChI=1S/C17H14F2N4O2S.C2H6/c18-10-5-11(7-20)23(9-10)16(24)8-22-17(25)14-3-4-21-15-6-12(26-19)1-2-13(14)15;1-2/h1-4,6,10-11H,5,8-9H2,(H,22,25);1-2H3. The Morgan fingerprint density at radius 1 is 1.39 bits per heavy atom. The number of carbonyl (C=O) groups excluding carboxylic acids is 2. The number of alkyl halides is 1. The molecule has 1 aliphatic rings. The number of amides is 2. The van der Waals surface area contributed by atoms with Gasteiger partial charge in [0.05, 0.1) is 42.4 Å². The molecule has 1 N–H and O–H groups in total. The fourth-order valence-corrected chi connectivity index (χ4v) is 3.18. The van der Waals surface area contributed by atoms with Gasteiger partial charge in [-0.3, -0.25) is 14.6 Å². The van der Waals surface area contributed by atoms with E-state index in [2.05, 4.69) is 10.3 Å². The zero-order valence-corrected chi connectivity index (χ0v) is 16.3. The van der Waals surface area contributed by atoms with Crippen LogP contribution in [0.4, 0.5) is 8.28 Å². The first kappa shape index (κ1) is 21.6. The van der Waals surface area contributed by atoms with Gasteiger partial charge >= 0.3 is 0 Å². The molecule has 0 radical (unpaired) electrons. The van der Waals surface area contributed by atoms with E-state index in [9.17, 15) is 17.9 Å². The maximum Gasteiger partial charge on any atom is 0.252 e. The van der Waals surface area contributed by atoms with Gasteiger partial charge in [-0.15, -0.1) is 0 Å². The van der Waals surface area contributed by atoms with Crippen LogP contribution in [0.1, 0.15) is 30.6 Å². The third-order valence-corrected chi connectivity index (χ3v) is 4.60. The number of hydrogen-bond acceptors (Lipinski definition) is 5. The SMILES string of the molecule is CC.N#CC1CC(F)CN1C(=O)CNC(=O)c1ccnc2cc(SF)ccc12. The lowest BCUT2D eigenvalue weighted by molar-refractivity contribution is -0.130. The summed E-state index contributed by atoms with van der Waals surface area (Å²) < 4.78 is 26.1. The van der Waals surface area contributed by atoms with Gasteiger partial charge in [0, 0.05) is 22.9 Å². The van der Waals surface area contributed by atoms with Crippen molar-refractivity contribution in [2.45, 2.75) is 37.4 Å². The first-order chi connectivity index (χ1) is 13.5. The summed E-state index contributed by atoms with van der Waals surface area (Å²) in [5, 5.41) is 12.0. The number of halogens is 2. The monoisotopic (exact) mass is 406 g/mol. The second-order valence-corrected chi connectivity index (χ2v) is 6.45. The van der Waals surface area contributed by atoms with Crippen molar-refractivity contribution >= 4 is 34.9 Å². The van der Waals surface area contributed by atoms with Crippen molar-refractivity contribution in [1.82, 2.24) is 15.2 Å². The van der Waals surface area contributed by atoms with Crippen molar-refractivity contribution in [3.63, 3.8) is 0 Å². The summed E-state index contributed by atoms with van der Waals surface area (Å²) in [6.45, 7) is 3.51. The summed E-state index contributed by atoms with van der Waals surface area (Å²) in [5.74, 6) is -1.02. The Hall–Kier alpha value is -2.73. The van der Waals surface area contributed by atoms with E-state index in [1.807, 2.05) is 19.9 Å². The number of carbonyl (C=O) groups is 2. The maximum atomic E-state index is 13.4. The molecule has 1 saturated heterocycles. The third-order valence-electron chi connectivity index (χ3n) is 4.17. The van der Waals surface area contributed by atoms with Crippen LogP contribution in [0.2, 0.25) is 0 Å². The number of benzene rings is 1. The lowest BCUT2D eigenvalue weighted by Gasteiger charge is -2.19.